The number of nitriles is 1. The number of pyridine rings is 1. The smallest absolute Gasteiger partial charge is 0.267 e. The molecule has 3 aromatic rings. The standard InChI is InChI=1S/C41H44ClN7O6/c1-40(2)38(41(3,4)39(40)55-27-10-8-25(22-43)30(42)21-27)49-33(50)14-13-32(37(49)54)48-35(52)28-11-9-26(20-29(28)36(48)53)47-18-16-46(17-19-47)15-5-6-24-7-12-31(34(44)51)45-23-24/h7-12,20-21,23,32,38-39H,5-6,13-19H2,1-4H3,(H2,44,51). The van der Waals surface area contributed by atoms with Crippen molar-refractivity contribution in [1.29, 1.82) is 5.26 Å². The number of primary amides is 1. The molecule has 0 radical (unpaired) electrons. The van der Waals surface area contributed by atoms with Crippen LogP contribution in [-0.4, -0.2) is 100 Å². The van der Waals surface area contributed by atoms with E-state index in [1.807, 2.05) is 45.9 Å². The van der Waals surface area contributed by atoms with Gasteiger partial charge < -0.3 is 15.4 Å². The Morgan fingerprint density at radius 1 is 0.945 bits per heavy atom. The SMILES string of the molecule is CC1(C)C(Oc2ccc(C#N)c(Cl)c2)C(C)(C)C1N1C(=O)CCC(N2C(=O)c3ccc(N4CCN(CCCc5ccc(C(N)=O)nc5)CC4)cc3C2=O)C1=O. The molecule has 0 bridgehead atoms. The third kappa shape index (κ3) is 6.72. The summed E-state index contributed by atoms with van der Waals surface area (Å²) in [6.45, 7) is 11.8. The lowest BCUT2D eigenvalue weighted by molar-refractivity contribution is -0.216. The monoisotopic (exact) mass is 765 g/mol. The van der Waals surface area contributed by atoms with Gasteiger partial charge in [-0.2, -0.15) is 5.26 Å². The molecule has 2 aromatic carbocycles. The van der Waals surface area contributed by atoms with Crippen molar-refractivity contribution >= 4 is 46.8 Å². The number of rotatable bonds is 10. The number of likely N-dealkylation sites (tertiary alicyclic amines) is 1. The number of anilines is 1. The summed E-state index contributed by atoms with van der Waals surface area (Å²) in [5, 5.41) is 9.52. The molecule has 4 heterocycles. The highest BCUT2D eigenvalue weighted by molar-refractivity contribution is 6.31. The molecule has 1 aliphatic carbocycles. The number of nitrogens with two attached hydrogens (primary N) is 1. The van der Waals surface area contributed by atoms with Crippen molar-refractivity contribution in [3.63, 3.8) is 0 Å². The molecule has 2 saturated heterocycles. The summed E-state index contributed by atoms with van der Waals surface area (Å²) in [6.07, 6.45) is 3.10. The van der Waals surface area contributed by atoms with Crippen LogP contribution in [0.3, 0.4) is 0 Å². The van der Waals surface area contributed by atoms with Crippen LogP contribution < -0.4 is 15.4 Å². The number of ether oxygens (including phenoxy) is 1. The average molecular weight is 766 g/mol. The van der Waals surface area contributed by atoms with Gasteiger partial charge in [0.2, 0.25) is 5.91 Å². The largest absolute Gasteiger partial charge is 0.489 e. The van der Waals surface area contributed by atoms with Crippen molar-refractivity contribution < 1.29 is 28.7 Å². The zero-order valence-electron chi connectivity index (χ0n) is 31.4. The number of amides is 5. The van der Waals surface area contributed by atoms with Gasteiger partial charge in [0.25, 0.3) is 23.6 Å². The Morgan fingerprint density at radius 3 is 2.29 bits per heavy atom. The predicted molar refractivity (Wildman–Crippen MR) is 203 cm³/mol. The van der Waals surface area contributed by atoms with Crippen LogP contribution in [0, 0.1) is 22.2 Å². The second-order valence-electron chi connectivity index (χ2n) is 16.0. The fraction of sp³-hybridized carbons (Fsp3) is 0.439. The van der Waals surface area contributed by atoms with Gasteiger partial charge >= 0.3 is 0 Å². The summed E-state index contributed by atoms with van der Waals surface area (Å²) in [6, 6.07) is 14.0. The Balaban J connectivity index is 0.994. The number of halogens is 1. The van der Waals surface area contributed by atoms with E-state index in [0.29, 0.717) is 11.3 Å². The van der Waals surface area contributed by atoms with E-state index in [4.69, 9.17) is 22.1 Å². The lowest BCUT2D eigenvalue weighted by atomic mass is 9.48. The Hall–Kier alpha value is -5.32. The van der Waals surface area contributed by atoms with Crippen LogP contribution in [0.2, 0.25) is 5.02 Å². The number of aryl methyl sites for hydroxylation is 1. The van der Waals surface area contributed by atoms with Gasteiger partial charge in [-0.15, -0.1) is 0 Å². The van der Waals surface area contributed by atoms with Gasteiger partial charge in [-0.05, 0) is 67.8 Å². The number of benzene rings is 2. The molecule has 1 saturated carbocycles. The molecule has 1 atom stereocenters. The average Bonchev–Trinajstić information content (AvgIpc) is 3.40. The van der Waals surface area contributed by atoms with Gasteiger partial charge in [0, 0.05) is 61.4 Å². The van der Waals surface area contributed by atoms with Crippen LogP contribution in [0.5, 0.6) is 5.75 Å². The first-order valence-corrected chi connectivity index (χ1v) is 19.0. The van der Waals surface area contributed by atoms with Gasteiger partial charge in [-0.3, -0.25) is 43.7 Å². The number of hydrogen-bond acceptors (Lipinski definition) is 10. The van der Waals surface area contributed by atoms with E-state index in [1.54, 1.807) is 42.6 Å². The Labute approximate surface area is 324 Å². The van der Waals surface area contributed by atoms with E-state index in [1.165, 1.54) is 4.90 Å². The molecule has 286 valence electrons. The lowest BCUT2D eigenvalue weighted by Gasteiger charge is -2.65. The third-order valence-corrected chi connectivity index (χ3v) is 12.0. The number of imide groups is 2. The summed E-state index contributed by atoms with van der Waals surface area (Å²) >= 11 is 6.26. The van der Waals surface area contributed by atoms with E-state index in [-0.39, 0.29) is 40.6 Å². The van der Waals surface area contributed by atoms with E-state index < -0.39 is 52.6 Å². The first-order chi connectivity index (χ1) is 26.1. The lowest BCUT2D eigenvalue weighted by Crippen LogP contribution is -2.77. The maximum absolute atomic E-state index is 14.3. The molecular formula is C41H44ClN7O6. The van der Waals surface area contributed by atoms with Gasteiger partial charge in [0.15, 0.2) is 0 Å². The normalized spacial score (nSPS) is 23.3. The van der Waals surface area contributed by atoms with Gasteiger partial charge in [-0.1, -0.05) is 45.4 Å². The fourth-order valence-corrected chi connectivity index (χ4v) is 9.57. The zero-order chi connectivity index (χ0) is 39.4. The minimum Gasteiger partial charge on any atom is -0.489 e. The molecule has 1 aromatic heterocycles. The maximum Gasteiger partial charge on any atom is 0.267 e. The quantitative estimate of drug-likeness (QED) is 0.291. The fourth-order valence-electron chi connectivity index (χ4n) is 9.35. The summed E-state index contributed by atoms with van der Waals surface area (Å²) in [7, 11) is 0. The number of nitrogens with zero attached hydrogens (tertiary/aromatic N) is 6. The zero-order valence-corrected chi connectivity index (χ0v) is 32.1. The van der Waals surface area contributed by atoms with Gasteiger partial charge in [-0.25, -0.2) is 0 Å². The highest BCUT2D eigenvalue weighted by atomic mass is 35.5. The van der Waals surface area contributed by atoms with E-state index in [0.717, 1.165) is 61.7 Å². The van der Waals surface area contributed by atoms with Crippen LogP contribution in [0.4, 0.5) is 5.69 Å². The number of piperidine rings is 1. The molecule has 3 fully saturated rings. The number of carbonyl (C=O) groups excluding carboxylic acids is 5. The highest BCUT2D eigenvalue weighted by Crippen LogP contribution is 2.58. The van der Waals surface area contributed by atoms with Crippen molar-refractivity contribution in [2.24, 2.45) is 16.6 Å². The van der Waals surface area contributed by atoms with Crippen LogP contribution in [0.15, 0.2) is 54.7 Å². The van der Waals surface area contributed by atoms with E-state index in [2.05, 4.69) is 14.8 Å². The number of aromatic nitrogens is 1. The molecule has 1 unspecified atom stereocenters. The third-order valence-electron chi connectivity index (χ3n) is 11.7. The molecule has 3 aliphatic heterocycles. The molecule has 2 N–H and O–H groups in total. The van der Waals surface area contributed by atoms with Crippen LogP contribution in [0.25, 0.3) is 0 Å². The van der Waals surface area contributed by atoms with Gasteiger partial charge in [0.05, 0.1) is 27.8 Å². The summed E-state index contributed by atoms with van der Waals surface area (Å²) in [5.41, 5.74) is 6.85. The highest BCUT2D eigenvalue weighted by Gasteiger charge is 2.68. The molecule has 4 aliphatic rings. The van der Waals surface area contributed by atoms with Crippen molar-refractivity contribution in [1.82, 2.24) is 19.7 Å². The van der Waals surface area contributed by atoms with Crippen molar-refractivity contribution in [2.45, 2.75) is 71.6 Å². The van der Waals surface area contributed by atoms with Crippen molar-refractivity contribution in [2.75, 3.05) is 37.6 Å². The second kappa shape index (κ2) is 14.4. The maximum atomic E-state index is 14.3. The predicted octanol–water partition coefficient (Wildman–Crippen LogP) is 4.46. The van der Waals surface area contributed by atoms with Crippen LogP contribution in [-0.2, 0) is 16.0 Å². The first-order valence-electron chi connectivity index (χ1n) is 18.6. The first kappa shape index (κ1) is 38.0. The summed E-state index contributed by atoms with van der Waals surface area (Å²) in [4.78, 5) is 78.0. The molecule has 13 nitrogen and oxygen atoms in total. The molecule has 5 amide bonds. The van der Waals surface area contributed by atoms with Crippen LogP contribution >= 0.6 is 11.6 Å². The molecule has 0 spiro atoms. The van der Waals surface area contributed by atoms with Gasteiger partial charge in [0.1, 0.15) is 29.7 Å². The van der Waals surface area contributed by atoms with E-state index in [9.17, 15) is 29.2 Å². The minimum absolute atomic E-state index is 0.0111. The number of hydrogen-bond donors (Lipinski definition) is 1. The molecule has 14 heteroatoms. The molecule has 7 rings (SSSR count). The number of fused-ring (bicyclic) bond motifs is 1. The number of carbonyl (C=O) groups is 5. The van der Waals surface area contributed by atoms with Crippen molar-refractivity contribution in [3.05, 3.63) is 87.7 Å². The minimum atomic E-state index is -1.11. The number of piperazine rings is 1. The van der Waals surface area contributed by atoms with Crippen LogP contribution in [0.1, 0.15) is 89.3 Å². The Kier molecular flexibility index (Phi) is 9.94. The molecule has 55 heavy (non-hydrogen) atoms. The molecular weight excluding hydrogens is 722 g/mol. The summed E-state index contributed by atoms with van der Waals surface area (Å²) < 4.78 is 6.38. The Morgan fingerprint density at radius 2 is 1.65 bits per heavy atom. The Bertz CT molecular complexity index is 2110. The topological polar surface area (TPSA) is 170 Å². The summed E-state index contributed by atoms with van der Waals surface area (Å²) in [5.74, 6) is -2.05. The second-order valence-corrected chi connectivity index (χ2v) is 16.4. The van der Waals surface area contributed by atoms with E-state index >= 15 is 0 Å². The van der Waals surface area contributed by atoms with Crippen molar-refractivity contribution in [3.8, 4) is 11.8 Å².